The van der Waals surface area contributed by atoms with Gasteiger partial charge in [0.2, 0.25) is 23.6 Å². The van der Waals surface area contributed by atoms with Gasteiger partial charge < -0.3 is 0 Å². The summed E-state index contributed by atoms with van der Waals surface area (Å²) >= 11 is 0. The van der Waals surface area contributed by atoms with E-state index in [4.69, 9.17) is 0 Å². The van der Waals surface area contributed by atoms with E-state index in [-0.39, 0.29) is 60.4 Å². The fourth-order valence-electron chi connectivity index (χ4n) is 9.04. The molecule has 0 N–H and O–H groups in total. The smallest absolute Gasteiger partial charge is 0.233 e. The van der Waals surface area contributed by atoms with Crippen molar-refractivity contribution in [1.82, 2.24) is 9.80 Å². The molecule has 0 bridgehead atoms. The number of hydrogen-bond donors (Lipinski definition) is 0. The maximum Gasteiger partial charge on any atom is 0.233 e. The molecule has 6 aliphatic rings. The van der Waals surface area contributed by atoms with Gasteiger partial charge in [0, 0.05) is 0 Å². The first-order valence-corrected chi connectivity index (χ1v) is 16.6. The predicted octanol–water partition coefficient (Wildman–Crippen LogP) is 6.49. The number of likely N-dealkylation sites (tertiary alicyclic amines) is 2. The number of fused-ring (bicyclic) bond motifs is 2. The minimum atomic E-state index is -0.233. The van der Waals surface area contributed by atoms with E-state index in [1.165, 1.54) is 85.2 Å². The Morgan fingerprint density at radius 1 is 0.548 bits per heavy atom. The number of carbonyl (C=O) groups excluding carboxylic acids is 4. The van der Waals surface area contributed by atoms with Crippen LogP contribution in [0.25, 0.3) is 0 Å². The molecule has 1 aromatic carbocycles. The molecule has 1 aromatic rings. The summed E-state index contributed by atoms with van der Waals surface area (Å²) in [7, 11) is 0. The molecule has 4 atom stereocenters. The molecular weight excluding hydrogens is 524 g/mol. The summed E-state index contributed by atoms with van der Waals surface area (Å²) in [6.45, 7) is 0.498. The van der Waals surface area contributed by atoms with E-state index in [1.54, 1.807) is 0 Å². The molecule has 0 spiro atoms. The molecule has 2 heterocycles. The van der Waals surface area contributed by atoms with Crippen molar-refractivity contribution in [2.24, 2.45) is 35.5 Å². The van der Waals surface area contributed by atoms with Crippen LogP contribution in [-0.2, 0) is 32.3 Å². The highest BCUT2D eigenvalue weighted by atomic mass is 16.2. The Hall–Kier alpha value is -3.02. The van der Waals surface area contributed by atoms with Crippen molar-refractivity contribution in [3.05, 3.63) is 58.7 Å². The zero-order valence-electron chi connectivity index (χ0n) is 24.8. The maximum absolute atomic E-state index is 13.5. The van der Waals surface area contributed by atoms with Crippen LogP contribution in [0.15, 0.2) is 47.6 Å². The van der Waals surface area contributed by atoms with Crippen molar-refractivity contribution in [3.8, 4) is 0 Å². The van der Waals surface area contributed by atoms with E-state index < -0.39 is 0 Å². The molecule has 2 aliphatic heterocycles. The summed E-state index contributed by atoms with van der Waals surface area (Å²) in [6.07, 6.45) is 19.9. The third-order valence-corrected chi connectivity index (χ3v) is 11.4. The van der Waals surface area contributed by atoms with E-state index in [1.807, 2.05) is 24.3 Å². The van der Waals surface area contributed by atoms with Gasteiger partial charge in [0.05, 0.1) is 36.8 Å². The fraction of sp³-hybridized carbons (Fsp3) is 0.611. The Kier molecular flexibility index (Phi) is 7.66. The van der Waals surface area contributed by atoms with Gasteiger partial charge in [0.15, 0.2) is 0 Å². The van der Waals surface area contributed by atoms with E-state index in [9.17, 15) is 19.2 Å². The lowest BCUT2D eigenvalue weighted by Crippen LogP contribution is -2.31. The van der Waals surface area contributed by atoms with Crippen LogP contribution in [0.4, 0.5) is 0 Å². The summed E-state index contributed by atoms with van der Waals surface area (Å²) in [6, 6.07) is 7.74. The second kappa shape index (κ2) is 11.6. The highest BCUT2D eigenvalue weighted by Gasteiger charge is 2.50. The largest absolute Gasteiger partial charge is 0.278 e. The summed E-state index contributed by atoms with van der Waals surface area (Å²) in [4.78, 5) is 56.6. The average molecular weight is 569 g/mol. The molecular formula is C36H44N2O4. The van der Waals surface area contributed by atoms with E-state index in [2.05, 4.69) is 12.2 Å². The van der Waals surface area contributed by atoms with E-state index in [0.29, 0.717) is 24.7 Å². The quantitative estimate of drug-likeness (QED) is 0.290. The van der Waals surface area contributed by atoms with Gasteiger partial charge in [-0.3, -0.25) is 29.0 Å². The molecule has 42 heavy (non-hydrogen) atoms. The Balaban J connectivity index is 0.997. The monoisotopic (exact) mass is 568 g/mol. The van der Waals surface area contributed by atoms with Crippen LogP contribution in [0.3, 0.4) is 0 Å². The first-order valence-electron chi connectivity index (χ1n) is 16.6. The highest BCUT2D eigenvalue weighted by molar-refractivity contribution is 6.06. The fourth-order valence-corrected chi connectivity index (χ4v) is 9.04. The lowest BCUT2D eigenvalue weighted by molar-refractivity contribution is -0.142. The number of nitrogens with zero attached hydrogens (tertiary/aromatic N) is 2. The third kappa shape index (κ3) is 5.09. The molecule has 222 valence electrons. The molecule has 4 unspecified atom stereocenters. The Bertz CT molecular complexity index is 1230. The minimum absolute atomic E-state index is 0.0351. The van der Waals surface area contributed by atoms with Crippen molar-refractivity contribution < 1.29 is 19.2 Å². The van der Waals surface area contributed by atoms with Gasteiger partial charge in [-0.2, -0.15) is 0 Å². The third-order valence-electron chi connectivity index (χ3n) is 11.4. The summed E-state index contributed by atoms with van der Waals surface area (Å²) in [5, 5.41) is 0. The Labute approximate surface area is 249 Å². The van der Waals surface area contributed by atoms with Gasteiger partial charge in [-0.25, -0.2) is 0 Å². The number of amides is 4. The molecule has 6 nitrogen and oxygen atoms in total. The number of benzene rings is 1. The van der Waals surface area contributed by atoms with Crippen molar-refractivity contribution in [2.45, 2.75) is 103 Å². The van der Waals surface area contributed by atoms with Gasteiger partial charge in [-0.05, 0) is 74.3 Å². The molecule has 4 amide bonds. The van der Waals surface area contributed by atoms with Crippen LogP contribution in [0, 0.1) is 35.5 Å². The molecule has 2 saturated carbocycles. The zero-order chi connectivity index (χ0) is 28.8. The average Bonchev–Trinajstić information content (AvgIpc) is 3.41. The van der Waals surface area contributed by atoms with Crippen LogP contribution in [0.5, 0.6) is 0 Å². The van der Waals surface area contributed by atoms with Gasteiger partial charge in [-0.1, -0.05) is 86.1 Å². The molecule has 4 fully saturated rings. The summed E-state index contributed by atoms with van der Waals surface area (Å²) < 4.78 is 0. The molecule has 4 aliphatic carbocycles. The summed E-state index contributed by atoms with van der Waals surface area (Å²) in [5.74, 6) is 0.0846. The normalized spacial score (nSPS) is 30.9. The predicted molar refractivity (Wildman–Crippen MR) is 159 cm³/mol. The van der Waals surface area contributed by atoms with Crippen molar-refractivity contribution in [3.63, 3.8) is 0 Å². The van der Waals surface area contributed by atoms with E-state index >= 15 is 0 Å². The van der Waals surface area contributed by atoms with Crippen LogP contribution < -0.4 is 0 Å². The second-order valence-corrected chi connectivity index (χ2v) is 13.9. The van der Waals surface area contributed by atoms with E-state index in [0.717, 1.165) is 24.0 Å². The molecule has 2 saturated heterocycles. The molecule has 0 radical (unpaired) electrons. The molecule has 6 heteroatoms. The number of allylic oxidation sites excluding steroid dienone is 4. The Morgan fingerprint density at radius 3 is 1.38 bits per heavy atom. The molecule has 0 aromatic heterocycles. The SMILES string of the molecule is O=C1C2CC=C(C3CCCCC3)CC2C(=O)N1Cc1cccc(CN2C(=O)C3CC=C(C4CCCCC4)CC3C2=O)c1. The number of hydrogen-bond acceptors (Lipinski definition) is 4. The van der Waals surface area contributed by atoms with Crippen LogP contribution in [0.1, 0.15) is 101 Å². The molecule has 7 rings (SSSR count). The maximum atomic E-state index is 13.5. The van der Waals surface area contributed by atoms with Gasteiger partial charge in [0.1, 0.15) is 0 Å². The van der Waals surface area contributed by atoms with Crippen molar-refractivity contribution >= 4 is 23.6 Å². The van der Waals surface area contributed by atoms with Gasteiger partial charge in [-0.15, -0.1) is 0 Å². The topological polar surface area (TPSA) is 74.8 Å². The zero-order valence-corrected chi connectivity index (χ0v) is 24.8. The van der Waals surface area contributed by atoms with Crippen LogP contribution in [0.2, 0.25) is 0 Å². The second-order valence-electron chi connectivity index (χ2n) is 13.9. The van der Waals surface area contributed by atoms with Crippen LogP contribution in [-0.4, -0.2) is 33.4 Å². The summed E-state index contributed by atoms with van der Waals surface area (Å²) in [5.41, 5.74) is 4.54. The van der Waals surface area contributed by atoms with Gasteiger partial charge in [0.25, 0.3) is 0 Å². The number of carbonyl (C=O) groups is 4. The first kappa shape index (κ1) is 27.8. The number of rotatable bonds is 6. The minimum Gasteiger partial charge on any atom is -0.278 e. The standard InChI is InChI=1S/C36H44N2O4/c39-33-29-16-14-27(25-10-3-1-4-11-25)19-31(29)35(41)37(33)21-23-8-7-9-24(18-23)22-38-34(40)30-17-15-28(20-32(30)36(38)42)26-12-5-2-6-13-26/h7-9,14-15,18,25-26,29-32H,1-6,10-13,16-17,19-22H2. The lowest BCUT2D eigenvalue weighted by atomic mass is 9.73. The number of imide groups is 2. The lowest BCUT2D eigenvalue weighted by Gasteiger charge is -2.30. The Morgan fingerprint density at radius 2 is 0.952 bits per heavy atom. The van der Waals surface area contributed by atoms with Crippen molar-refractivity contribution in [1.29, 1.82) is 0 Å². The van der Waals surface area contributed by atoms with Crippen molar-refractivity contribution in [2.75, 3.05) is 0 Å². The first-order chi connectivity index (χ1) is 20.5. The van der Waals surface area contributed by atoms with Gasteiger partial charge >= 0.3 is 0 Å². The van der Waals surface area contributed by atoms with Crippen LogP contribution >= 0.6 is 0 Å². The highest BCUT2D eigenvalue weighted by Crippen LogP contribution is 2.45.